The maximum Gasteiger partial charge on any atom is 0.215 e. The molecule has 0 aromatic heterocycles. The molecule has 0 N–H and O–H groups in total. The summed E-state index contributed by atoms with van der Waals surface area (Å²) < 4.78 is 10.5. The zero-order valence-corrected chi connectivity index (χ0v) is 9.11. The Morgan fingerprint density at radius 2 is 1.67 bits per heavy atom. The monoisotopic (exact) mass is 184 g/mol. The lowest BCUT2D eigenvalue weighted by molar-refractivity contribution is 0.00208. The molecular weight excluding hydrogens is 168 g/mol. The summed E-state index contributed by atoms with van der Waals surface area (Å²) in [6, 6.07) is 0. The van der Waals surface area contributed by atoms with Gasteiger partial charge < -0.3 is 9.47 Å². The quantitative estimate of drug-likeness (QED) is 0.355. The molecule has 2 nitrogen and oxygen atoms in total. The van der Waals surface area contributed by atoms with Crippen molar-refractivity contribution in [2.75, 3.05) is 0 Å². The van der Waals surface area contributed by atoms with Gasteiger partial charge in [-0.25, -0.2) is 0 Å². The van der Waals surface area contributed by atoms with Gasteiger partial charge in [-0.3, -0.25) is 0 Å². The largest absolute Gasteiger partial charge is 0.468 e. The van der Waals surface area contributed by atoms with Gasteiger partial charge in [-0.05, 0) is 13.8 Å². The Morgan fingerprint density at radius 3 is 2.00 bits per heavy atom. The Bertz CT molecular complexity index is 150. The molecule has 3 heteroatoms. The fraction of sp³-hybridized carbons (Fsp3) is 0.333. The van der Waals surface area contributed by atoms with Crippen LogP contribution in [0.2, 0.25) is 0 Å². The van der Waals surface area contributed by atoms with Crippen LogP contribution in [-0.4, -0.2) is 15.4 Å². The van der Waals surface area contributed by atoms with E-state index in [0.29, 0.717) is 0 Å². The van der Waals surface area contributed by atoms with Gasteiger partial charge >= 0.3 is 0 Å². The van der Waals surface area contributed by atoms with Gasteiger partial charge in [0, 0.05) is 0 Å². The lowest BCUT2D eigenvalue weighted by Gasteiger charge is -2.13. The first kappa shape index (κ1) is 11.0. The zero-order chi connectivity index (χ0) is 9.23. The Balaban J connectivity index is 3.76. The molecular formula is C9H16O2Si. The van der Waals surface area contributed by atoms with Crippen LogP contribution in [0.15, 0.2) is 37.0 Å². The van der Waals surface area contributed by atoms with Crippen LogP contribution in [0, 0.1) is 0 Å². The van der Waals surface area contributed by atoms with Gasteiger partial charge in [0.05, 0.1) is 12.5 Å². The molecule has 0 saturated heterocycles. The Labute approximate surface area is 76.4 Å². The first-order valence-electron chi connectivity index (χ1n) is 3.99. The zero-order valence-electron chi connectivity index (χ0n) is 7.69. The van der Waals surface area contributed by atoms with Crippen LogP contribution in [0.1, 0.15) is 13.8 Å². The molecule has 0 fully saturated rings. The molecule has 0 rings (SSSR count). The van der Waals surface area contributed by atoms with Crippen molar-refractivity contribution in [2.24, 2.45) is 0 Å². The Hall–Kier alpha value is -0.963. The van der Waals surface area contributed by atoms with Crippen LogP contribution in [-0.2, 0) is 9.47 Å². The fourth-order valence-electron chi connectivity index (χ4n) is 0.612. The van der Waals surface area contributed by atoms with E-state index in [4.69, 9.17) is 9.47 Å². The van der Waals surface area contributed by atoms with Gasteiger partial charge in [0.25, 0.3) is 0 Å². The molecule has 0 atom stereocenters. The highest BCUT2D eigenvalue weighted by atomic mass is 28.2. The minimum absolute atomic E-state index is 0.116. The number of ether oxygens (including phenoxy) is 2. The van der Waals surface area contributed by atoms with Crippen molar-refractivity contribution in [2.45, 2.75) is 19.8 Å². The maximum atomic E-state index is 5.27. The number of hydrogen-bond acceptors (Lipinski definition) is 2. The summed E-state index contributed by atoms with van der Waals surface area (Å²) in [5.74, 6) is -0.116. The molecule has 0 bridgehead atoms. The third kappa shape index (κ3) is 5.79. The molecule has 0 radical (unpaired) electrons. The molecule has 0 aromatic rings. The highest BCUT2D eigenvalue weighted by Gasteiger charge is 2.03. The van der Waals surface area contributed by atoms with Crippen LogP contribution in [0.4, 0.5) is 0 Å². The second-order valence-corrected chi connectivity index (χ2v) is 3.88. The Kier molecular flexibility index (Phi) is 7.48. The van der Waals surface area contributed by atoms with E-state index < -0.39 is 9.52 Å². The minimum atomic E-state index is -0.488. The van der Waals surface area contributed by atoms with E-state index in [1.807, 2.05) is 31.7 Å². The average Bonchev–Trinajstić information content (AvgIpc) is 2.10. The molecule has 68 valence electrons. The molecule has 0 aliphatic carbocycles. The SMILES string of the molecule is C=C[SiH2]C(OC=CC)OC=CC. The highest BCUT2D eigenvalue weighted by Crippen LogP contribution is 1.95. The topological polar surface area (TPSA) is 18.5 Å². The average molecular weight is 184 g/mol. The number of rotatable bonds is 6. The summed E-state index contributed by atoms with van der Waals surface area (Å²) >= 11 is 0. The van der Waals surface area contributed by atoms with Crippen molar-refractivity contribution in [1.82, 2.24) is 0 Å². The summed E-state index contributed by atoms with van der Waals surface area (Å²) in [6.07, 6.45) is 6.96. The molecule has 0 saturated carbocycles. The van der Waals surface area contributed by atoms with E-state index in [1.165, 1.54) is 0 Å². The van der Waals surface area contributed by atoms with Crippen LogP contribution in [0.25, 0.3) is 0 Å². The second-order valence-electron chi connectivity index (χ2n) is 2.16. The lowest BCUT2D eigenvalue weighted by atomic mass is 10.7. The van der Waals surface area contributed by atoms with Crippen molar-refractivity contribution in [3.05, 3.63) is 37.0 Å². The van der Waals surface area contributed by atoms with Crippen LogP contribution in [0.5, 0.6) is 0 Å². The molecule has 0 amide bonds. The van der Waals surface area contributed by atoms with E-state index in [0.717, 1.165) is 0 Å². The molecule has 0 aliphatic rings. The van der Waals surface area contributed by atoms with E-state index in [9.17, 15) is 0 Å². The van der Waals surface area contributed by atoms with Crippen molar-refractivity contribution < 1.29 is 9.47 Å². The normalized spacial score (nSPS) is 14.5. The van der Waals surface area contributed by atoms with E-state index in [1.54, 1.807) is 12.5 Å². The molecule has 0 spiro atoms. The van der Waals surface area contributed by atoms with Crippen LogP contribution in [0.3, 0.4) is 0 Å². The number of hydrogen-bond donors (Lipinski definition) is 0. The summed E-state index contributed by atoms with van der Waals surface area (Å²) in [5.41, 5.74) is 1.90. The highest BCUT2D eigenvalue weighted by molar-refractivity contribution is 6.42. The summed E-state index contributed by atoms with van der Waals surface area (Å²) in [7, 11) is -0.488. The minimum Gasteiger partial charge on any atom is -0.468 e. The van der Waals surface area contributed by atoms with Gasteiger partial charge in [-0.1, -0.05) is 12.2 Å². The van der Waals surface area contributed by atoms with Crippen molar-refractivity contribution >= 4 is 9.52 Å². The first-order chi connectivity index (χ1) is 5.85. The van der Waals surface area contributed by atoms with Gasteiger partial charge in [-0.15, -0.1) is 12.3 Å². The smallest absolute Gasteiger partial charge is 0.215 e. The van der Waals surface area contributed by atoms with Crippen molar-refractivity contribution in [3.63, 3.8) is 0 Å². The van der Waals surface area contributed by atoms with Gasteiger partial charge in [0.1, 0.15) is 9.52 Å². The predicted molar refractivity (Wildman–Crippen MR) is 54.3 cm³/mol. The van der Waals surface area contributed by atoms with E-state index in [-0.39, 0.29) is 5.91 Å². The third-order valence-electron chi connectivity index (χ3n) is 1.09. The van der Waals surface area contributed by atoms with Crippen molar-refractivity contribution in [1.29, 1.82) is 0 Å². The van der Waals surface area contributed by atoms with Crippen LogP contribution < -0.4 is 0 Å². The molecule has 0 unspecified atom stereocenters. The second kappa shape index (κ2) is 8.14. The van der Waals surface area contributed by atoms with Gasteiger partial charge in [0.2, 0.25) is 5.91 Å². The summed E-state index contributed by atoms with van der Waals surface area (Å²) in [6.45, 7) is 7.48. The van der Waals surface area contributed by atoms with Crippen molar-refractivity contribution in [3.8, 4) is 0 Å². The third-order valence-corrected chi connectivity index (χ3v) is 2.20. The predicted octanol–water partition coefficient (Wildman–Crippen LogP) is 1.68. The van der Waals surface area contributed by atoms with Crippen LogP contribution >= 0.6 is 0 Å². The molecule has 12 heavy (non-hydrogen) atoms. The van der Waals surface area contributed by atoms with E-state index in [2.05, 4.69) is 6.58 Å². The molecule has 0 aromatic carbocycles. The Morgan fingerprint density at radius 1 is 1.17 bits per heavy atom. The van der Waals surface area contributed by atoms with Gasteiger partial charge in [-0.2, -0.15) is 0 Å². The standard InChI is InChI=1S/C9H16O2Si/c1-4-7-10-9(12-6-3)11-8-5-2/h4-9H,3,12H2,1-2H3. The van der Waals surface area contributed by atoms with Gasteiger partial charge in [0.15, 0.2) is 0 Å². The number of allylic oxidation sites excluding steroid dienone is 2. The maximum absolute atomic E-state index is 5.27. The first-order valence-corrected chi connectivity index (χ1v) is 5.62. The fourth-order valence-corrected chi connectivity index (χ4v) is 1.33. The molecule has 0 aliphatic heterocycles. The summed E-state index contributed by atoms with van der Waals surface area (Å²) in [5, 5.41) is 0. The summed E-state index contributed by atoms with van der Waals surface area (Å²) in [4.78, 5) is 0. The van der Waals surface area contributed by atoms with E-state index >= 15 is 0 Å². The molecule has 0 heterocycles. The lowest BCUT2D eigenvalue weighted by Crippen LogP contribution is -2.18.